The van der Waals surface area contributed by atoms with Gasteiger partial charge in [-0.25, -0.2) is 0 Å². The highest BCUT2D eigenvalue weighted by atomic mass is 15.2. The van der Waals surface area contributed by atoms with Gasteiger partial charge in [-0.15, -0.1) is 0 Å². The summed E-state index contributed by atoms with van der Waals surface area (Å²) in [4.78, 5) is 5.60. The van der Waals surface area contributed by atoms with Crippen LogP contribution in [0.5, 0.6) is 0 Å². The van der Waals surface area contributed by atoms with E-state index < -0.39 is 0 Å². The molecule has 0 atom stereocenters. The monoisotopic (exact) mass is 493 g/mol. The molecule has 0 aliphatic carbocycles. The van der Waals surface area contributed by atoms with Crippen LogP contribution in [0.15, 0.2) is 12.2 Å². The van der Waals surface area contributed by atoms with Crippen molar-refractivity contribution in [3.05, 3.63) is 12.2 Å². The molecule has 0 fully saturated rings. The van der Waals surface area contributed by atoms with Crippen LogP contribution in [0.2, 0.25) is 0 Å². The van der Waals surface area contributed by atoms with E-state index in [0.717, 1.165) is 5.92 Å². The van der Waals surface area contributed by atoms with Crippen LogP contribution in [0.1, 0.15) is 157 Å². The van der Waals surface area contributed by atoms with E-state index in [1.165, 1.54) is 161 Å². The van der Waals surface area contributed by atoms with Crippen LogP contribution in [0.4, 0.5) is 0 Å². The minimum atomic E-state index is 0.772. The Morgan fingerprint density at radius 2 is 0.886 bits per heavy atom. The molecule has 0 N–H and O–H groups in total. The number of hydrogen-bond acceptors (Lipinski definition) is 2. The Balaban J connectivity index is 4.38. The maximum Gasteiger partial charge on any atom is 0.0109 e. The van der Waals surface area contributed by atoms with Gasteiger partial charge in [-0.2, -0.15) is 0 Å². The molecule has 2 heteroatoms. The summed E-state index contributed by atoms with van der Waals surface area (Å²) in [7, 11) is 0. The summed E-state index contributed by atoms with van der Waals surface area (Å²) < 4.78 is 0. The van der Waals surface area contributed by atoms with Crippen molar-refractivity contribution in [2.45, 2.75) is 157 Å². The van der Waals surface area contributed by atoms with Crippen LogP contribution in [0, 0.1) is 5.92 Å². The fourth-order valence-electron chi connectivity index (χ4n) is 5.13. The molecule has 0 bridgehead atoms. The Kier molecular flexibility index (Phi) is 28.0. The average Bonchev–Trinajstić information content (AvgIpc) is 2.84. The largest absolute Gasteiger partial charge is 0.302 e. The molecule has 35 heavy (non-hydrogen) atoms. The fourth-order valence-corrected chi connectivity index (χ4v) is 5.13. The van der Waals surface area contributed by atoms with Crippen molar-refractivity contribution in [3.8, 4) is 0 Å². The Bertz CT molecular complexity index is 417. The van der Waals surface area contributed by atoms with Crippen molar-refractivity contribution in [1.29, 1.82) is 0 Å². The Labute approximate surface area is 223 Å². The first-order valence-corrected chi connectivity index (χ1v) is 16.2. The zero-order chi connectivity index (χ0) is 25.8. The number of unbranched alkanes of at least 4 members (excludes halogenated alkanes) is 16. The van der Waals surface area contributed by atoms with Gasteiger partial charge < -0.3 is 9.80 Å². The van der Waals surface area contributed by atoms with Gasteiger partial charge in [-0.1, -0.05) is 130 Å². The Morgan fingerprint density at radius 1 is 0.486 bits per heavy atom. The van der Waals surface area contributed by atoms with Crippen molar-refractivity contribution >= 4 is 0 Å². The van der Waals surface area contributed by atoms with Crippen LogP contribution < -0.4 is 0 Å². The topological polar surface area (TPSA) is 6.48 Å². The maximum atomic E-state index is 2.82. The van der Waals surface area contributed by atoms with E-state index in [4.69, 9.17) is 0 Å². The van der Waals surface area contributed by atoms with Gasteiger partial charge in [0.25, 0.3) is 0 Å². The molecule has 0 aromatic heterocycles. The van der Waals surface area contributed by atoms with E-state index in [-0.39, 0.29) is 0 Å². The second kappa shape index (κ2) is 28.2. The normalized spacial score (nSPS) is 12.2. The van der Waals surface area contributed by atoms with Gasteiger partial charge in [0.05, 0.1) is 0 Å². The molecule has 0 saturated heterocycles. The molecule has 0 aliphatic rings. The molecule has 2 nitrogen and oxygen atoms in total. The molecule has 0 unspecified atom stereocenters. The highest BCUT2D eigenvalue weighted by Gasteiger charge is 2.11. The van der Waals surface area contributed by atoms with Crippen LogP contribution in [-0.4, -0.2) is 49.1 Å². The quantitative estimate of drug-likeness (QED) is 0.0791. The van der Waals surface area contributed by atoms with Crippen molar-refractivity contribution < 1.29 is 0 Å². The summed E-state index contributed by atoms with van der Waals surface area (Å²) in [6.45, 7) is 19.3. The summed E-state index contributed by atoms with van der Waals surface area (Å²) in [6, 6.07) is 0. The highest BCUT2D eigenvalue weighted by Crippen LogP contribution is 2.11. The number of allylic oxidation sites excluding steroid dienone is 2. The Hall–Kier alpha value is -0.340. The summed E-state index contributed by atoms with van der Waals surface area (Å²) in [5.41, 5.74) is 0. The summed E-state index contributed by atoms with van der Waals surface area (Å²) in [5, 5.41) is 0. The van der Waals surface area contributed by atoms with Crippen molar-refractivity contribution in [3.63, 3.8) is 0 Å². The fraction of sp³-hybridized carbons (Fsp3) is 0.939. The van der Waals surface area contributed by atoms with Crippen LogP contribution >= 0.6 is 0 Å². The molecule has 0 aromatic carbocycles. The lowest BCUT2D eigenvalue weighted by molar-refractivity contribution is 0.183. The van der Waals surface area contributed by atoms with E-state index in [1.54, 1.807) is 0 Å². The van der Waals surface area contributed by atoms with Gasteiger partial charge in [-0.05, 0) is 64.6 Å². The van der Waals surface area contributed by atoms with Gasteiger partial charge in [0.1, 0.15) is 0 Å². The predicted octanol–water partition coefficient (Wildman–Crippen LogP) is 10.3. The number of hydrogen-bond donors (Lipinski definition) is 0. The first-order chi connectivity index (χ1) is 17.1. The van der Waals surface area contributed by atoms with Gasteiger partial charge in [0.2, 0.25) is 0 Å². The van der Waals surface area contributed by atoms with Crippen molar-refractivity contribution in [2.75, 3.05) is 39.3 Å². The molecular weight excluding hydrogens is 424 g/mol. The predicted molar refractivity (Wildman–Crippen MR) is 162 cm³/mol. The molecular formula is C33H68N2. The summed E-state index contributed by atoms with van der Waals surface area (Å²) in [6.07, 6.45) is 31.2. The molecule has 0 rings (SSSR count). The molecule has 0 saturated carbocycles. The highest BCUT2D eigenvalue weighted by molar-refractivity contribution is 4.76. The lowest BCUT2D eigenvalue weighted by Crippen LogP contribution is -2.38. The minimum Gasteiger partial charge on any atom is -0.302 e. The third-order valence-corrected chi connectivity index (χ3v) is 7.34. The van der Waals surface area contributed by atoms with Crippen LogP contribution in [-0.2, 0) is 0 Å². The summed E-state index contributed by atoms with van der Waals surface area (Å²) >= 11 is 0. The van der Waals surface area contributed by atoms with Gasteiger partial charge in [-0.3, -0.25) is 0 Å². The zero-order valence-corrected chi connectivity index (χ0v) is 25.3. The van der Waals surface area contributed by atoms with Crippen LogP contribution in [0.3, 0.4) is 0 Å². The van der Waals surface area contributed by atoms with E-state index in [1.807, 2.05) is 0 Å². The molecule has 0 aliphatic heterocycles. The molecule has 0 heterocycles. The SMILES string of the molecule is C/C=C/CCCCCCN(CCCCCCCCC)CCN(CCCCCCCCC)CC(C)C. The maximum absolute atomic E-state index is 2.82. The van der Waals surface area contributed by atoms with Crippen molar-refractivity contribution in [2.24, 2.45) is 5.92 Å². The lowest BCUT2D eigenvalue weighted by atomic mass is 10.1. The smallest absolute Gasteiger partial charge is 0.0109 e. The molecule has 0 spiro atoms. The van der Waals surface area contributed by atoms with E-state index in [9.17, 15) is 0 Å². The molecule has 0 amide bonds. The molecule has 0 radical (unpaired) electrons. The third kappa shape index (κ3) is 26.5. The van der Waals surface area contributed by atoms with Crippen molar-refractivity contribution in [1.82, 2.24) is 9.80 Å². The van der Waals surface area contributed by atoms with Gasteiger partial charge in [0.15, 0.2) is 0 Å². The zero-order valence-electron chi connectivity index (χ0n) is 25.3. The van der Waals surface area contributed by atoms with Gasteiger partial charge in [0, 0.05) is 19.6 Å². The van der Waals surface area contributed by atoms with Crippen LogP contribution in [0.25, 0.3) is 0 Å². The third-order valence-electron chi connectivity index (χ3n) is 7.34. The second-order valence-electron chi connectivity index (χ2n) is 11.6. The van der Waals surface area contributed by atoms with E-state index in [2.05, 4.69) is 56.6 Å². The molecule has 210 valence electrons. The lowest BCUT2D eigenvalue weighted by Gasteiger charge is -2.29. The van der Waals surface area contributed by atoms with E-state index in [0.29, 0.717) is 0 Å². The number of rotatable bonds is 28. The second-order valence-corrected chi connectivity index (χ2v) is 11.6. The minimum absolute atomic E-state index is 0.772. The van der Waals surface area contributed by atoms with Gasteiger partial charge >= 0.3 is 0 Å². The molecule has 0 aromatic rings. The average molecular weight is 493 g/mol. The summed E-state index contributed by atoms with van der Waals surface area (Å²) in [5.74, 6) is 0.772. The first kappa shape index (κ1) is 34.7. The Morgan fingerprint density at radius 3 is 1.34 bits per heavy atom. The first-order valence-electron chi connectivity index (χ1n) is 16.2. The van der Waals surface area contributed by atoms with E-state index >= 15 is 0 Å². The standard InChI is InChI=1S/C33H68N2/c1-6-9-12-15-18-21-24-27-34(28-25-22-19-16-13-10-7-2)30-31-35(32-33(4)5)29-26-23-20-17-14-11-8-3/h6,9,33H,7-8,10-32H2,1-5H3/b9-6+. The number of nitrogens with zero attached hydrogens (tertiary/aromatic N) is 2.